The molecule has 0 saturated heterocycles. The van der Waals surface area contributed by atoms with Gasteiger partial charge >= 0.3 is 6.03 Å². The molecule has 0 aliphatic carbocycles. The third-order valence-electron chi connectivity index (χ3n) is 6.51. The highest BCUT2D eigenvalue weighted by Crippen LogP contribution is 2.30. The SMILES string of the molecule is CC(C)NC(=O)N(C)C[C@H]1Oc2ccc(NS(=O)(=O)c3ccc(Cl)cc3)cc2CC(=O)N([C@H](C)CO)C[C@H]1C. The Morgan fingerprint density at radius 2 is 1.87 bits per heavy atom. The van der Waals surface area contributed by atoms with Gasteiger partial charge in [-0.2, -0.15) is 0 Å². The number of hydrogen-bond acceptors (Lipinski definition) is 6. The predicted molar refractivity (Wildman–Crippen MR) is 151 cm³/mol. The quantitative estimate of drug-likeness (QED) is 0.439. The van der Waals surface area contributed by atoms with Crippen molar-refractivity contribution in [3.05, 3.63) is 53.1 Å². The summed E-state index contributed by atoms with van der Waals surface area (Å²) in [6.45, 7) is 7.79. The summed E-state index contributed by atoms with van der Waals surface area (Å²) >= 11 is 5.89. The summed E-state index contributed by atoms with van der Waals surface area (Å²) in [5.41, 5.74) is 0.749. The van der Waals surface area contributed by atoms with Gasteiger partial charge in [0.05, 0.1) is 30.5 Å². The second kappa shape index (κ2) is 12.9. The van der Waals surface area contributed by atoms with E-state index in [1.807, 2.05) is 20.8 Å². The molecule has 1 aliphatic heterocycles. The summed E-state index contributed by atoms with van der Waals surface area (Å²) in [7, 11) is -2.23. The van der Waals surface area contributed by atoms with Crippen molar-refractivity contribution in [3.63, 3.8) is 0 Å². The number of ether oxygens (including phenoxy) is 1. The van der Waals surface area contributed by atoms with Crippen LogP contribution in [0.2, 0.25) is 5.02 Å². The Labute approximate surface area is 235 Å². The maximum absolute atomic E-state index is 13.4. The van der Waals surface area contributed by atoms with Crippen LogP contribution in [-0.4, -0.2) is 80.2 Å². The van der Waals surface area contributed by atoms with Crippen LogP contribution in [-0.2, 0) is 21.2 Å². The van der Waals surface area contributed by atoms with E-state index in [-0.39, 0.29) is 54.1 Å². The summed E-state index contributed by atoms with van der Waals surface area (Å²) in [5.74, 6) is 0.00890. The van der Waals surface area contributed by atoms with Gasteiger partial charge < -0.3 is 25.0 Å². The highest BCUT2D eigenvalue weighted by atomic mass is 35.5. The molecule has 3 rings (SSSR count). The van der Waals surface area contributed by atoms with Gasteiger partial charge in [0.1, 0.15) is 11.9 Å². The van der Waals surface area contributed by atoms with Crippen molar-refractivity contribution >= 4 is 39.2 Å². The van der Waals surface area contributed by atoms with Crippen molar-refractivity contribution in [1.29, 1.82) is 0 Å². The monoisotopic (exact) mass is 580 g/mol. The number of sulfonamides is 1. The number of aliphatic hydroxyl groups excluding tert-OH is 1. The van der Waals surface area contributed by atoms with Gasteiger partial charge in [0.15, 0.2) is 0 Å². The van der Waals surface area contributed by atoms with Crippen molar-refractivity contribution in [2.45, 2.75) is 57.2 Å². The Balaban J connectivity index is 1.95. The maximum Gasteiger partial charge on any atom is 0.317 e. The summed E-state index contributed by atoms with van der Waals surface area (Å²) < 4.78 is 34.8. The number of carbonyl (C=O) groups excluding carboxylic acids is 2. The first kappa shape index (κ1) is 30.5. The van der Waals surface area contributed by atoms with Crippen LogP contribution in [0.5, 0.6) is 5.75 Å². The number of nitrogens with one attached hydrogen (secondary N) is 2. The number of anilines is 1. The minimum atomic E-state index is -3.91. The molecule has 1 heterocycles. The molecule has 3 atom stereocenters. The molecule has 214 valence electrons. The summed E-state index contributed by atoms with van der Waals surface area (Å²) in [6.07, 6.45) is -0.540. The molecule has 0 bridgehead atoms. The highest BCUT2D eigenvalue weighted by Gasteiger charge is 2.32. The van der Waals surface area contributed by atoms with E-state index >= 15 is 0 Å². The van der Waals surface area contributed by atoms with Crippen LogP contribution < -0.4 is 14.8 Å². The number of nitrogens with zero attached hydrogens (tertiary/aromatic N) is 2. The molecule has 0 fully saturated rings. The Morgan fingerprint density at radius 3 is 2.49 bits per heavy atom. The first-order valence-electron chi connectivity index (χ1n) is 12.8. The van der Waals surface area contributed by atoms with E-state index in [0.717, 1.165) is 0 Å². The molecule has 2 aromatic rings. The van der Waals surface area contributed by atoms with E-state index in [1.54, 1.807) is 37.1 Å². The largest absolute Gasteiger partial charge is 0.488 e. The average molecular weight is 581 g/mol. The number of urea groups is 1. The van der Waals surface area contributed by atoms with Crippen molar-refractivity contribution in [3.8, 4) is 5.75 Å². The standard InChI is InChI=1S/C27H37ClN4O6S/c1-17(2)29-27(35)31(5)15-25-18(3)14-32(19(4)16-33)26(34)13-20-12-22(8-11-24(20)38-25)30-39(36,37)23-9-6-21(28)7-10-23/h6-12,17-19,25,30,33H,13-16H2,1-5H3,(H,29,35)/t18-,19-,25-/m1/s1. The van der Waals surface area contributed by atoms with Gasteiger partial charge in [-0.3, -0.25) is 9.52 Å². The molecule has 0 unspecified atom stereocenters. The van der Waals surface area contributed by atoms with Crippen LogP contribution in [0.25, 0.3) is 0 Å². The number of likely N-dealkylation sites (N-methyl/N-ethyl adjacent to an activating group) is 1. The average Bonchev–Trinajstić information content (AvgIpc) is 2.91. The van der Waals surface area contributed by atoms with Crippen LogP contribution in [0.1, 0.15) is 33.3 Å². The molecule has 0 radical (unpaired) electrons. The lowest BCUT2D eigenvalue weighted by Crippen LogP contribution is -2.49. The van der Waals surface area contributed by atoms with E-state index in [2.05, 4.69) is 10.0 Å². The number of hydrogen-bond donors (Lipinski definition) is 3. The third-order valence-corrected chi connectivity index (χ3v) is 8.15. The summed E-state index contributed by atoms with van der Waals surface area (Å²) in [4.78, 5) is 29.1. The molecule has 0 saturated carbocycles. The smallest absolute Gasteiger partial charge is 0.317 e. The Hall–Kier alpha value is -3.02. The van der Waals surface area contributed by atoms with Crippen LogP contribution >= 0.6 is 11.6 Å². The van der Waals surface area contributed by atoms with Gasteiger partial charge in [0.2, 0.25) is 5.91 Å². The Bertz CT molecular complexity index is 1270. The number of carbonyl (C=O) groups is 2. The number of halogens is 1. The van der Waals surface area contributed by atoms with E-state index < -0.39 is 22.2 Å². The molecular formula is C27H37ClN4O6S. The molecule has 0 aromatic heterocycles. The van der Waals surface area contributed by atoms with Gasteiger partial charge in [-0.25, -0.2) is 13.2 Å². The minimum Gasteiger partial charge on any atom is -0.488 e. The van der Waals surface area contributed by atoms with E-state index in [9.17, 15) is 23.1 Å². The van der Waals surface area contributed by atoms with E-state index in [0.29, 0.717) is 22.9 Å². The normalized spacial score (nSPS) is 18.8. The minimum absolute atomic E-state index is 0.0341. The first-order valence-corrected chi connectivity index (χ1v) is 14.7. The zero-order chi connectivity index (χ0) is 28.9. The fourth-order valence-electron chi connectivity index (χ4n) is 4.25. The fraction of sp³-hybridized carbons (Fsp3) is 0.481. The van der Waals surface area contributed by atoms with Crippen molar-refractivity contribution < 1.29 is 27.9 Å². The van der Waals surface area contributed by atoms with E-state index in [1.165, 1.54) is 29.2 Å². The molecule has 3 amide bonds. The fourth-order valence-corrected chi connectivity index (χ4v) is 5.42. The van der Waals surface area contributed by atoms with Crippen LogP contribution in [0, 0.1) is 5.92 Å². The molecule has 0 spiro atoms. The molecule has 39 heavy (non-hydrogen) atoms. The van der Waals surface area contributed by atoms with E-state index in [4.69, 9.17) is 16.3 Å². The number of aliphatic hydroxyl groups is 1. The molecule has 3 N–H and O–H groups in total. The lowest BCUT2D eigenvalue weighted by atomic mass is 10.0. The van der Waals surface area contributed by atoms with Gasteiger partial charge in [0, 0.05) is 41.8 Å². The Morgan fingerprint density at radius 1 is 1.21 bits per heavy atom. The maximum atomic E-state index is 13.4. The number of fused-ring (bicyclic) bond motifs is 1. The Kier molecular flexibility index (Phi) is 10.1. The van der Waals surface area contributed by atoms with Gasteiger partial charge in [-0.05, 0) is 63.2 Å². The zero-order valence-corrected chi connectivity index (χ0v) is 24.4. The number of benzene rings is 2. The van der Waals surface area contributed by atoms with Crippen molar-refractivity contribution in [2.75, 3.05) is 31.5 Å². The zero-order valence-electron chi connectivity index (χ0n) is 22.8. The molecular weight excluding hydrogens is 544 g/mol. The lowest BCUT2D eigenvalue weighted by molar-refractivity contribution is -0.134. The third kappa shape index (κ3) is 8.00. The van der Waals surface area contributed by atoms with Crippen LogP contribution in [0.3, 0.4) is 0 Å². The first-order chi connectivity index (χ1) is 18.3. The van der Waals surface area contributed by atoms with Gasteiger partial charge in [-0.1, -0.05) is 18.5 Å². The predicted octanol–water partition coefficient (Wildman–Crippen LogP) is 3.34. The molecule has 10 nitrogen and oxygen atoms in total. The van der Waals surface area contributed by atoms with Crippen LogP contribution in [0.15, 0.2) is 47.4 Å². The summed E-state index contributed by atoms with van der Waals surface area (Å²) in [6, 6.07) is 9.84. The van der Waals surface area contributed by atoms with Crippen LogP contribution in [0.4, 0.5) is 10.5 Å². The molecule has 1 aliphatic rings. The van der Waals surface area contributed by atoms with Crippen molar-refractivity contribution in [2.24, 2.45) is 5.92 Å². The second-order valence-corrected chi connectivity index (χ2v) is 12.4. The lowest BCUT2D eigenvalue weighted by Gasteiger charge is -2.34. The molecule has 2 aromatic carbocycles. The number of amides is 3. The molecule has 12 heteroatoms. The summed E-state index contributed by atoms with van der Waals surface area (Å²) in [5, 5.41) is 13.1. The topological polar surface area (TPSA) is 128 Å². The van der Waals surface area contributed by atoms with Gasteiger partial charge in [0.25, 0.3) is 10.0 Å². The second-order valence-electron chi connectivity index (χ2n) is 10.3. The highest BCUT2D eigenvalue weighted by molar-refractivity contribution is 7.92. The number of rotatable bonds is 8. The van der Waals surface area contributed by atoms with Gasteiger partial charge in [-0.15, -0.1) is 0 Å². The van der Waals surface area contributed by atoms with Crippen molar-refractivity contribution in [1.82, 2.24) is 15.1 Å².